The van der Waals surface area contributed by atoms with Crippen molar-refractivity contribution >= 4 is 26.3 Å². The van der Waals surface area contributed by atoms with Gasteiger partial charge >= 0.3 is 0 Å². The fraction of sp³-hybridized carbons (Fsp3) is 0.400. The molecule has 9 heteroatoms. The molecule has 1 aliphatic rings. The molecule has 1 fully saturated rings. The van der Waals surface area contributed by atoms with Crippen LogP contribution in [0.4, 0.5) is 0 Å². The van der Waals surface area contributed by atoms with Gasteiger partial charge in [-0.3, -0.25) is 0 Å². The van der Waals surface area contributed by atoms with Crippen molar-refractivity contribution in [1.82, 2.24) is 24.1 Å². The summed E-state index contributed by atoms with van der Waals surface area (Å²) >= 11 is 1.49. The summed E-state index contributed by atoms with van der Waals surface area (Å²) in [5.41, 5.74) is 1.04. The average Bonchev–Trinajstić information content (AvgIpc) is 3.15. The molecule has 1 aliphatic heterocycles. The molecule has 24 heavy (non-hydrogen) atoms. The summed E-state index contributed by atoms with van der Waals surface area (Å²) in [6.07, 6.45) is 2.97. The summed E-state index contributed by atoms with van der Waals surface area (Å²) < 4.78 is 26.9. The van der Waals surface area contributed by atoms with E-state index in [0.29, 0.717) is 13.1 Å². The van der Waals surface area contributed by atoms with Gasteiger partial charge in [0.05, 0.1) is 6.26 Å². The molecule has 3 heterocycles. The summed E-state index contributed by atoms with van der Waals surface area (Å²) in [5, 5.41) is 14.0. The van der Waals surface area contributed by atoms with E-state index in [1.54, 1.807) is 4.52 Å². The van der Waals surface area contributed by atoms with E-state index in [4.69, 9.17) is 0 Å². The quantitative estimate of drug-likeness (QED) is 0.711. The van der Waals surface area contributed by atoms with E-state index in [2.05, 4.69) is 15.3 Å². The van der Waals surface area contributed by atoms with Gasteiger partial charge in [0.25, 0.3) is 0 Å². The lowest BCUT2D eigenvalue weighted by atomic mass is 9.99. The van der Waals surface area contributed by atoms with Crippen molar-refractivity contribution in [3.05, 3.63) is 36.2 Å². The van der Waals surface area contributed by atoms with Crippen LogP contribution in [0.3, 0.4) is 0 Å². The van der Waals surface area contributed by atoms with Crippen LogP contribution in [0.15, 0.2) is 30.3 Å². The minimum atomic E-state index is -3.18. The molecule has 0 aliphatic carbocycles. The van der Waals surface area contributed by atoms with Gasteiger partial charge in [-0.05, 0) is 12.8 Å². The first-order chi connectivity index (χ1) is 11.5. The predicted molar refractivity (Wildman–Crippen MR) is 92.5 cm³/mol. The molecule has 4 rings (SSSR count). The van der Waals surface area contributed by atoms with Crippen LogP contribution in [0.25, 0.3) is 15.5 Å². The van der Waals surface area contributed by atoms with Crippen LogP contribution in [-0.4, -0.2) is 51.9 Å². The zero-order chi connectivity index (χ0) is 16.7. The number of hydrogen-bond acceptors (Lipinski definition) is 6. The molecule has 7 nitrogen and oxygen atoms in total. The second-order valence-electron chi connectivity index (χ2n) is 5.99. The molecule has 0 amide bonds. The maximum atomic E-state index is 11.8. The fourth-order valence-corrected chi connectivity index (χ4v) is 4.80. The SMILES string of the molecule is CS(=O)(=O)N1CCCC(c2nnc3sc(-c4ccccc4)nn23)C1. The Morgan fingerprint density at radius 1 is 1.21 bits per heavy atom. The normalized spacial score (nSPS) is 19.8. The molecule has 1 atom stereocenters. The lowest BCUT2D eigenvalue weighted by Gasteiger charge is -2.29. The minimum absolute atomic E-state index is 0.0224. The Bertz CT molecular complexity index is 964. The van der Waals surface area contributed by atoms with Crippen LogP contribution in [-0.2, 0) is 10.0 Å². The number of nitrogens with zero attached hydrogens (tertiary/aromatic N) is 5. The number of aromatic nitrogens is 4. The third-order valence-electron chi connectivity index (χ3n) is 4.25. The van der Waals surface area contributed by atoms with Gasteiger partial charge in [-0.2, -0.15) is 9.61 Å². The van der Waals surface area contributed by atoms with Gasteiger partial charge in [0.15, 0.2) is 5.82 Å². The van der Waals surface area contributed by atoms with Gasteiger partial charge < -0.3 is 0 Å². The zero-order valence-electron chi connectivity index (χ0n) is 13.2. The minimum Gasteiger partial charge on any atom is -0.213 e. The Hall–Kier alpha value is -1.84. The van der Waals surface area contributed by atoms with Crippen molar-refractivity contribution in [1.29, 1.82) is 0 Å². The lowest BCUT2D eigenvalue weighted by Crippen LogP contribution is -2.38. The van der Waals surface area contributed by atoms with E-state index in [1.807, 2.05) is 30.3 Å². The number of sulfonamides is 1. The van der Waals surface area contributed by atoms with Crippen LogP contribution in [0, 0.1) is 0 Å². The molecule has 1 aromatic carbocycles. The number of rotatable bonds is 3. The third kappa shape index (κ3) is 2.83. The predicted octanol–water partition coefficient (Wildman–Crippen LogP) is 1.99. The number of hydrogen-bond donors (Lipinski definition) is 0. The molecule has 0 bridgehead atoms. The van der Waals surface area contributed by atoms with Crippen LogP contribution in [0.1, 0.15) is 24.6 Å². The molecule has 0 spiro atoms. The second kappa shape index (κ2) is 5.91. The van der Waals surface area contributed by atoms with Crippen molar-refractivity contribution in [2.75, 3.05) is 19.3 Å². The van der Waals surface area contributed by atoms with Crippen molar-refractivity contribution in [3.63, 3.8) is 0 Å². The Labute approximate surface area is 144 Å². The summed E-state index contributed by atoms with van der Waals surface area (Å²) in [7, 11) is -3.18. The second-order valence-corrected chi connectivity index (χ2v) is 8.92. The van der Waals surface area contributed by atoms with E-state index in [-0.39, 0.29) is 5.92 Å². The molecular weight excluding hydrogens is 346 g/mol. The Kier molecular flexibility index (Phi) is 3.86. The van der Waals surface area contributed by atoms with Crippen molar-refractivity contribution in [3.8, 4) is 10.6 Å². The molecule has 1 saturated heterocycles. The molecule has 1 unspecified atom stereocenters. The smallest absolute Gasteiger partial charge is 0.213 e. The molecule has 0 radical (unpaired) electrons. The lowest BCUT2D eigenvalue weighted by molar-refractivity contribution is 0.309. The maximum absolute atomic E-state index is 11.8. The highest BCUT2D eigenvalue weighted by Gasteiger charge is 2.30. The Balaban J connectivity index is 1.69. The Morgan fingerprint density at radius 3 is 2.75 bits per heavy atom. The summed E-state index contributed by atoms with van der Waals surface area (Å²) in [6.45, 7) is 1.02. The third-order valence-corrected chi connectivity index (χ3v) is 6.47. The van der Waals surface area contributed by atoms with E-state index in [9.17, 15) is 8.42 Å². The highest BCUT2D eigenvalue weighted by Crippen LogP contribution is 2.30. The van der Waals surface area contributed by atoms with Crippen molar-refractivity contribution in [2.45, 2.75) is 18.8 Å². The number of piperidine rings is 1. The number of fused-ring (bicyclic) bond motifs is 1. The fourth-order valence-electron chi connectivity index (χ4n) is 3.04. The summed E-state index contributed by atoms with van der Waals surface area (Å²) in [6, 6.07) is 9.94. The summed E-state index contributed by atoms with van der Waals surface area (Å²) in [4.78, 5) is 0.736. The molecule has 2 aromatic heterocycles. The molecule has 126 valence electrons. The van der Waals surface area contributed by atoms with Crippen molar-refractivity contribution < 1.29 is 8.42 Å². The molecule has 0 saturated carbocycles. The van der Waals surface area contributed by atoms with Gasteiger partial charge in [-0.1, -0.05) is 41.7 Å². The zero-order valence-corrected chi connectivity index (χ0v) is 14.8. The van der Waals surface area contributed by atoms with E-state index in [1.165, 1.54) is 21.9 Å². The highest BCUT2D eigenvalue weighted by atomic mass is 32.2. The monoisotopic (exact) mass is 363 g/mol. The molecular formula is C15H17N5O2S2. The maximum Gasteiger partial charge on any atom is 0.234 e. The average molecular weight is 363 g/mol. The number of benzene rings is 1. The van der Waals surface area contributed by atoms with E-state index < -0.39 is 10.0 Å². The van der Waals surface area contributed by atoms with Gasteiger partial charge in [-0.25, -0.2) is 12.7 Å². The van der Waals surface area contributed by atoms with Gasteiger partial charge in [-0.15, -0.1) is 10.2 Å². The largest absolute Gasteiger partial charge is 0.234 e. The van der Waals surface area contributed by atoms with Gasteiger partial charge in [0.1, 0.15) is 5.01 Å². The molecule has 0 N–H and O–H groups in total. The van der Waals surface area contributed by atoms with E-state index >= 15 is 0 Å². The molecule has 3 aromatic rings. The standard InChI is InChI=1S/C15H17N5O2S2/c1-24(21,22)19-9-5-8-12(10-19)13-16-17-15-20(13)18-14(23-15)11-6-3-2-4-7-11/h2-4,6-7,12H,5,8-10H2,1H3. The summed E-state index contributed by atoms with van der Waals surface area (Å²) in [5.74, 6) is 0.769. The first-order valence-corrected chi connectivity index (χ1v) is 10.4. The van der Waals surface area contributed by atoms with Gasteiger partial charge in [0.2, 0.25) is 15.0 Å². The van der Waals surface area contributed by atoms with Crippen LogP contribution in [0.2, 0.25) is 0 Å². The Morgan fingerprint density at radius 2 is 2.00 bits per heavy atom. The van der Waals surface area contributed by atoms with E-state index in [0.717, 1.165) is 34.2 Å². The van der Waals surface area contributed by atoms with Crippen LogP contribution < -0.4 is 0 Å². The van der Waals surface area contributed by atoms with Crippen LogP contribution >= 0.6 is 11.3 Å². The highest BCUT2D eigenvalue weighted by molar-refractivity contribution is 7.88. The topological polar surface area (TPSA) is 80.5 Å². The first kappa shape index (κ1) is 15.7. The van der Waals surface area contributed by atoms with Crippen LogP contribution in [0.5, 0.6) is 0 Å². The first-order valence-electron chi connectivity index (χ1n) is 7.75. The van der Waals surface area contributed by atoms with Crippen molar-refractivity contribution in [2.24, 2.45) is 0 Å². The van der Waals surface area contributed by atoms with Gasteiger partial charge in [0, 0.05) is 24.6 Å².